The summed E-state index contributed by atoms with van der Waals surface area (Å²) in [6.45, 7) is 0. The maximum Gasteiger partial charge on any atom is 0.258 e. The van der Waals surface area contributed by atoms with Crippen molar-refractivity contribution in [3.63, 3.8) is 0 Å². The van der Waals surface area contributed by atoms with Crippen molar-refractivity contribution in [1.82, 2.24) is 4.98 Å². The van der Waals surface area contributed by atoms with E-state index in [1.807, 2.05) is 18.2 Å². The molecule has 0 atom stereocenters. The summed E-state index contributed by atoms with van der Waals surface area (Å²) in [7, 11) is 1.79. The van der Waals surface area contributed by atoms with Crippen molar-refractivity contribution >= 4 is 22.5 Å². The number of rotatable bonds is 0. The van der Waals surface area contributed by atoms with Gasteiger partial charge in [0, 0.05) is 18.6 Å². The van der Waals surface area contributed by atoms with Crippen molar-refractivity contribution in [2.75, 3.05) is 11.9 Å². The third kappa shape index (κ3) is 0.719. The lowest BCUT2D eigenvalue weighted by Gasteiger charge is -2.08. The van der Waals surface area contributed by atoms with Gasteiger partial charge in [0.05, 0.1) is 16.8 Å². The lowest BCUT2D eigenvalue weighted by atomic mass is 10.1. The van der Waals surface area contributed by atoms with Gasteiger partial charge >= 0.3 is 0 Å². The number of pyridine rings is 1. The Labute approximate surface area is 81.0 Å². The summed E-state index contributed by atoms with van der Waals surface area (Å²) in [4.78, 5) is 17.7. The van der Waals surface area contributed by atoms with Gasteiger partial charge in [0.1, 0.15) is 0 Å². The van der Waals surface area contributed by atoms with Gasteiger partial charge in [-0.2, -0.15) is 0 Å². The van der Waals surface area contributed by atoms with Gasteiger partial charge in [0.15, 0.2) is 0 Å². The number of anilines is 1. The van der Waals surface area contributed by atoms with Crippen molar-refractivity contribution in [3.05, 3.63) is 36.0 Å². The van der Waals surface area contributed by atoms with E-state index in [1.54, 1.807) is 24.2 Å². The Morgan fingerprint density at radius 2 is 2.14 bits per heavy atom. The van der Waals surface area contributed by atoms with Gasteiger partial charge in [-0.15, -0.1) is 0 Å². The molecule has 14 heavy (non-hydrogen) atoms. The predicted octanol–water partition coefficient (Wildman–Crippen LogP) is 1.82. The fraction of sp³-hybridized carbons (Fsp3) is 0.0909. The Balaban J connectivity index is 2.55. The van der Waals surface area contributed by atoms with Crippen LogP contribution in [0.1, 0.15) is 10.4 Å². The highest BCUT2D eigenvalue weighted by Crippen LogP contribution is 2.34. The molecule has 0 radical (unpaired) electrons. The van der Waals surface area contributed by atoms with Crippen LogP contribution >= 0.6 is 0 Å². The molecule has 0 saturated heterocycles. The number of aromatic nitrogens is 1. The smallest absolute Gasteiger partial charge is 0.258 e. The summed E-state index contributed by atoms with van der Waals surface area (Å²) in [5, 5.41) is 0.975. The zero-order valence-electron chi connectivity index (χ0n) is 7.69. The Morgan fingerprint density at radius 1 is 1.29 bits per heavy atom. The summed E-state index contributed by atoms with van der Waals surface area (Å²) in [5.74, 6) is 0.0543. The van der Waals surface area contributed by atoms with Crippen molar-refractivity contribution in [3.8, 4) is 0 Å². The van der Waals surface area contributed by atoms with E-state index in [1.165, 1.54) is 0 Å². The Kier molecular flexibility index (Phi) is 1.24. The predicted molar refractivity (Wildman–Crippen MR) is 54.5 cm³/mol. The fourth-order valence-electron chi connectivity index (χ4n) is 1.94. The van der Waals surface area contributed by atoms with Crippen LogP contribution in [0.3, 0.4) is 0 Å². The Morgan fingerprint density at radius 3 is 3.00 bits per heavy atom. The van der Waals surface area contributed by atoms with Gasteiger partial charge in [0.2, 0.25) is 0 Å². The van der Waals surface area contributed by atoms with Crippen LogP contribution in [0.15, 0.2) is 30.5 Å². The van der Waals surface area contributed by atoms with Crippen molar-refractivity contribution in [2.45, 2.75) is 0 Å². The molecule has 3 nitrogen and oxygen atoms in total. The maximum atomic E-state index is 11.8. The Bertz CT molecular complexity index is 543. The third-order valence-electron chi connectivity index (χ3n) is 2.64. The number of hydrogen-bond donors (Lipinski definition) is 0. The third-order valence-corrected chi connectivity index (χ3v) is 2.64. The molecule has 3 heteroatoms. The lowest BCUT2D eigenvalue weighted by molar-refractivity contribution is 0.0999. The van der Waals surface area contributed by atoms with Crippen LogP contribution in [0.5, 0.6) is 0 Å². The van der Waals surface area contributed by atoms with Crippen molar-refractivity contribution in [2.24, 2.45) is 0 Å². The summed E-state index contributed by atoms with van der Waals surface area (Å²) in [6.07, 6.45) is 1.68. The van der Waals surface area contributed by atoms with Crippen LogP contribution < -0.4 is 4.90 Å². The van der Waals surface area contributed by atoms with E-state index in [0.717, 1.165) is 22.2 Å². The molecule has 0 saturated carbocycles. The average Bonchev–Trinajstić information content (AvgIpc) is 2.47. The second kappa shape index (κ2) is 2.32. The standard InChI is InChI=1S/C11H8N2O/c1-13-9-4-2-3-8-10(9)7(11(13)14)5-6-12-8/h2-6H,1H3. The first-order valence-corrected chi connectivity index (χ1v) is 4.45. The van der Waals surface area contributed by atoms with Gasteiger partial charge in [-0.3, -0.25) is 9.78 Å². The molecule has 68 valence electrons. The number of nitrogens with zero attached hydrogens (tertiary/aromatic N) is 2. The molecule has 0 N–H and O–H groups in total. The molecule has 1 amide bonds. The highest BCUT2D eigenvalue weighted by molar-refractivity contribution is 6.24. The van der Waals surface area contributed by atoms with Gasteiger partial charge in [0.25, 0.3) is 5.91 Å². The van der Waals surface area contributed by atoms with E-state index in [2.05, 4.69) is 4.98 Å². The number of amides is 1. The van der Waals surface area contributed by atoms with Gasteiger partial charge in [-0.1, -0.05) is 6.07 Å². The zero-order chi connectivity index (χ0) is 9.71. The molecule has 0 fully saturated rings. The minimum atomic E-state index is 0.0543. The van der Waals surface area contributed by atoms with E-state index in [4.69, 9.17) is 0 Å². The quantitative estimate of drug-likeness (QED) is 0.625. The van der Waals surface area contributed by atoms with Crippen LogP contribution in [0.4, 0.5) is 5.69 Å². The van der Waals surface area contributed by atoms with E-state index >= 15 is 0 Å². The number of carbonyl (C=O) groups is 1. The highest BCUT2D eigenvalue weighted by Gasteiger charge is 2.26. The number of hydrogen-bond acceptors (Lipinski definition) is 2. The molecule has 0 bridgehead atoms. The molecular formula is C11H8N2O. The van der Waals surface area contributed by atoms with Crippen LogP contribution in [0, 0.1) is 0 Å². The first-order chi connectivity index (χ1) is 6.79. The summed E-state index contributed by atoms with van der Waals surface area (Å²) in [5.41, 5.74) is 2.60. The normalized spacial score (nSPS) is 14.1. The van der Waals surface area contributed by atoms with E-state index < -0.39 is 0 Å². The lowest BCUT2D eigenvalue weighted by Crippen LogP contribution is -2.20. The van der Waals surface area contributed by atoms with Crippen LogP contribution in [0.25, 0.3) is 10.9 Å². The van der Waals surface area contributed by atoms with Crippen molar-refractivity contribution < 1.29 is 4.79 Å². The molecule has 2 heterocycles. The molecular weight excluding hydrogens is 176 g/mol. The molecule has 1 aromatic carbocycles. The van der Waals surface area contributed by atoms with Gasteiger partial charge in [-0.25, -0.2) is 0 Å². The molecule has 3 rings (SSSR count). The Hall–Kier alpha value is -1.90. The molecule has 1 aliphatic rings. The van der Waals surface area contributed by atoms with Gasteiger partial charge in [-0.05, 0) is 18.2 Å². The molecule has 1 aliphatic heterocycles. The second-order valence-electron chi connectivity index (χ2n) is 3.39. The topological polar surface area (TPSA) is 33.2 Å². The van der Waals surface area contributed by atoms with Crippen LogP contribution in [-0.2, 0) is 0 Å². The molecule has 0 aliphatic carbocycles. The largest absolute Gasteiger partial charge is 0.311 e. The molecule has 0 spiro atoms. The monoisotopic (exact) mass is 184 g/mol. The van der Waals surface area contributed by atoms with E-state index in [0.29, 0.717) is 0 Å². The SMILES string of the molecule is CN1C(=O)c2ccnc3cccc1c23. The molecule has 0 unspecified atom stereocenters. The first kappa shape index (κ1) is 7.50. The van der Waals surface area contributed by atoms with Crippen molar-refractivity contribution in [1.29, 1.82) is 0 Å². The maximum absolute atomic E-state index is 11.8. The minimum absolute atomic E-state index is 0.0543. The summed E-state index contributed by atoms with van der Waals surface area (Å²) >= 11 is 0. The number of benzene rings is 1. The fourth-order valence-corrected chi connectivity index (χ4v) is 1.94. The van der Waals surface area contributed by atoms with Crippen LogP contribution in [-0.4, -0.2) is 17.9 Å². The second-order valence-corrected chi connectivity index (χ2v) is 3.39. The highest BCUT2D eigenvalue weighted by atomic mass is 16.2. The average molecular weight is 184 g/mol. The van der Waals surface area contributed by atoms with Gasteiger partial charge < -0.3 is 4.90 Å². The molecule has 1 aromatic heterocycles. The molecule has 2 aromatic rings. The summed E-state index contributed by atoms with van der Waals surface area (Å²) in [6, 6.07) is 7.56. The van der Waals surface area contributed by atoms with Crippen LogP contribution in [0.2, 0.25) is 0 Å². The number of carbonyl (C=O) groups excluding carboxylic acids is 1. The summed E-state index contributed by atoms with van der Waals surface area (Å²) < 4.78 is 0. The minimum Gasteiger partial charge on any atom is -0.311 e. The van der Waals surface area contributed by atoms with E-state index in [-0.39, 0.29) is 5.91 Å². The zero-order valence-corrected chi connectivity index (χ0v) is 7.69. The van der Waals surface area contributed by atoms with E-state index in [9.17, 15) is 4.79 Å². The first-order valence-electron chi connectivity index (χ1n) is 4.45.